The smallest absolute Gasteiger partial charge is 0.323 e. The molecule has 0 aliphatic heterocycles. The Morgan fingerprint density at radius 1 is 1.38 bits per heavy atom. The van der Waals surface area contributed by atoms with Gasteiger partial charge in [0, 0.05) is 0 Å². The van der Waals surface area contributed by atoms with E-state index in [4.69, 9.17) is 5.11 Å². The summed E-state index contributed by atoms with van der Waals surface area (Å²) in [5.41, 5.74) is 2.10. The van der Waals surface area contributed by atoms with Gasteiger partial charge in [0.15, 0.2) is 0 Å². The van der Waals surface area contributed by atoms with E-state index >= 15 is 0 Å². The highest BCUT2D eigenvalue weighted by molar-refractivity contribution is 14.1. The molecule has 1 N–H and O–H groups in total. The van der Waals surface area contributed by atoms with Crippen molar-refractivity contribution in [2.75, 3.05) is 0 Å². The van der Waals surface area contributed by atoms with Gasteiger partial charge in [-0.05, 0) is 30.4 Å². The van der Waals surface area contributed by atoms with Crippen LogP contribution in [0, 0.1) is 5.92 Å². The number of benzene rings is 1. The fourth-order valence-corrected chi connectivity index (χ4v) is 1.91. The second-order valence-corrected chi connectivity index (χ2v) is 6.76. The minimum absolute atomic E-state index is 0.622. The number of carbonyl (C=O) groups is 1. The molecule has 0 amide bonds. The molecule has 0 heterocycles. The van der Waals surface area contributed by atoms with Crippen molar-refractivity contribution in [2.24, 2.45) is 5.92 Å². The summed E-state index contributed by atoms with van der Waals surface area (Å²) in [4.78, 5) is 11.1. The summed E-state index contributed by atoms with van der Waals surface area (Å²) in [6.45, 7) is 6.06. The Morgan fingerprint density at radius 2 is 1.88 bits per heavy atom. The molecular weight excluding hydrogens is 315 g/mol. The molecule has 1 aromatic rings. The van der Waals surface area contributed by atoms with E-state index in [1.54, 1.807) is 6.92 Å². The third kappa shape index (κ3) is 3.20. The van der Waals surface area contributed by atoms with Gasteiger partial charge in [-0.2, -0.15) is 0 Å². The molecule has 0 aromatic heterocycles. The number of aliphatic carboxylic acids is 1. The summed E-state index contributed by atoms with van der Waals surface area (Å²) in [7, 11) is 0. The summed E-state index contributed by atoms with van der Waals surface area (Å²) >= 11 is 1.97. The van der Waals surface area contributed by atoms with Crippen LogP contribution in [-0.2, 0) is 14.6 Å². The zero-order chi connectivity index (χ0) is 12.3. The number of halogens is 1. The first-order valence-electron chi connectivity index (χ1n) is 5.35. The Hall–Kier alpha value is -0.580. The zero-order valence-electron chi connectivity index (χ0n) is 9.83. The van der Waals surface area contributed by atoms with Crippen molar-refractivity contribution in [1.29, 1.82) is 0 Å². The molecule has 2 nitrogen and oxygen atoms in total. The van der Waals surface area contributed by atoms with Crippen molar-refractivity contribution in [2.45, 2.75) is 30.6 Å². The van der Waals surface area contributed by atoms with Gasteiger partial charge in [0.25, 0.3) is 0 Å². The van der Waals surface area contributed by atoms with Crippen molar-refractivity contribution >= 4 is 28.6 Å². The highest BCUT2D eigenvalue weighted by Crippen LogP contribution is 2.31. The van der Waals surface area contributed by atoms with Gasteiger partial charge in [0.2, 0.25) is 0 Å². The molecule has 0 aliphatic rings. The fraction of sp³-hybridized carbons (Fsp3) is 0.462. The summed E-state index contributed by atoms with van der Waals surface area (Å²) in [6.07, 6.45) is 1.03. The van der Waals surface area contributed by atoms with E-state index in [1.807, 2.05) is 46.9 Å². The van der Waals surface area contributed by atoms with Gasteiger partial charge >= 0.3 is 5.97 Å². The molecule has 0 fully saturated rings. The number of alkyl halides is 1. The number of carboxylic acids is 1. The quantitative estimate of drug-likeness (QED) is 0.675. The Morgan fingerprint density at radius 3 is 2.25 bits per heavy atom. The van der Waals surface area contributed by atoms with E-state index < -0.39 is 9.39 Å². The highest BCUT2D eigenvalue weighted by atomic mass is 127. The molecule has 0 spiro atoms. The lowest BCUT2D eigenvalue weighted by Crippen LogP contribution is -2.24. The molecule has 1 rings (SSSR count). The molecular formula is C13H17IO2. The van der Waals surface area contributed by atoms with E-state index in [9.17, 15) is 4.79 Å². The second-order valence-electron chi connectivity index (χ2n) is 4.60. The predicted octanol–water partition coefficient (Wildman–Crippen LogP) is 3.62. The topological polar surface area (TPSA) is 37.3 Å². The van der Waals surface area contributed by atoms with Crippen LogP contribution in [0.2, 0.25) is 0 Å². The Balaban J connectivity index is 2.91. The minimum atomic E-state index is -0.839. The molecule has 1 aromatic carbocycles. The number of rotatable bonds is 4. The monoisotopic (exact) mass is 332 g/mol. The van der Waals surface area contributed by atoms with Gasteiger partial charge in [0.1, 0.15) is 3.42 Å². The van der Waals surface area contributed by atoms with Crippen molar-refractivity contribution in [1.82, 2.24) is 0 Å². The first-order valence-corrected chi connectivity index (χ1v) is 6.43. The summed E-state index contributed by atoms with van der Waals surface area (Å²) < 4.78 is -0.839. The lowest BCUT2D eigenvalue weighted by Gasteiger charge is -2.18. The normalized spacial score (nSPS) is 14.8. The summed E-state index contributed by atoms with van der Waals surface area (Å²) in [5.74, 6) is -0.180. The van der Waals surface area contributed by atoms with Crippen molar-refractivity contribution in [3.8, 4) is 0 Å². The van der Waals surface area contributed by atoms with Crippen LogP contribution in [0.15, 0.2) is 24.3 Å². The van der Waals surface area contributed by atoms with E-state index in [2.05, 4.69) is 13.8 Å². The van der Waals surface area contributed by atoms with Crippen LogP contribution in [0.3, 0.4) is 0 Å². The maximum Gasteiger partial charge on any atom is 0.323 e. The standard InChI is InChI=1S/C13H17IO2/c1-9(2)8-10-4-6-11(7-5-10)13(3,14)12(15)16/h4-7,9H,8H2,1-3H3,(H,15,16). The predicted molar refractivity (Wildman–Crippen MR) is 74.0 cm³/mol. The van der Waals surface area contributed by atoms with Gasteiger partial charge in [-0.3, -0.25) is 4.79 Å². The molecule has 16 heavy (non-hydrogen) atoms. The van der Waals surface area contributed by atoms with Crippen LogP contribution in [0.1, 0.15) is 31.9 Å². The lowest BCUT2D eigenvalue weighted by molar-refractivity contribution is -0.139. The van der Waals surface area contributed by atoms with Crippen LogP contribution in [0.4, 0.5) is 0 Å². The number of carboxylic acid groups (broad SMARTS) is 1. The maximum atomic E-state index is 11.1. The Kier molecular flexibility index (Phi) is 4.35. The molecule has 88 valence electrons. The van der Waals surface area contributed by atoms with Crippen LogP contribution in [0.5, 0.6) is 0 Å². The molecule has 0 saturated carbocycles. The lowest BCUT2D eigenvalue weighted by atomic mass is 9.97. The molecule has 1 atom stereocenters. The van der Waals surface area contributed by atoms with Gasteiger partial charge in [-0.15, -0.1) is 0 Å². The van der Waals surface area contributed by atoms with Gasteiger partial charge in [0.05, 0.1) is 0 Å². The number of hydrogen-bond acceptors (Lipinski definition) is 1. The number of hydrogen-bond donors (Lipinski definition) is 1. The van der Waals surface area contributed by atoms with Gasteiger partial charge in [-0.25, -0.2) is 0 Å². The van der Waals surface area contributed by atoms with Crippen molar-refractivity contribution in [3.63, 3.8) is 0 Å². The molecule has 0 aliphatic carbocycles. The first-order chi connectivity index (χ1) is 7.34. The maximum absolute atomic E-state index is 11.1. The highest BCUT2D eigenvalue weighted by Gasteiger charge is 2.31. The SMILES string of the molecule is CC(C)Cc1ccc(C(C)(I)C(=O)O)cc1. The average molecular weight is 332 g/mol. The third-order valence-electron chi connectivity index (χ3n) is 2.54. The third-order valence-corrected chi connectivity index (χ3v) is 3.63. The van der Waals surface area contributed by atoms with E-state index in [1.165, 1.54) is 5.56 Å². The molecule has 0 radical (unpaired) electrons. The van der Waals surface area contributed by atoms with E-state index in [0.29, 0.717) is 5.92 Å². The van der Waals surface area contributed by atoms with Crippen LogP contribution >= 0.6 is 22.6 Å². The summed E-state index contributed by atoms with van der Waals surface area (Å²) in [6, 6.07) is 7.88. The Labute approximate surface area is 110 Å². The average Bonchev–Trinajstić information content (AvgIpc) is 2.17. The molecule has 1 unspecified atom stereocenters. The van der Waals surface area contributed by atoms with E-state index in [-0.39, 0.29) is 0 Å². The van der Waals surface area contributed by atoms with Crippen molar-refractivity contribution < 1.29 is 9.90 Å². The van der Waals surface area contributed by atoms with Crippen LogP contribution in [0.25, 0.3) is 0 Å². The van der Waals surface area contributed by atoms with E-state index in [0.717, 1.165) is 12.0 Å². The summed E-state index contributed by atoms with van der Waals surface area (Å²) in [5, 5.41) is 9.10. The molecule has 0 bridgehead atoms. The van der Waals surface area contributed by atoms with Gasteiger partial charge < -0.3 is 5.11 Å². The minimum Gasteiger partial charge on any atom is -0.480 e. The second kappa shape index (κ2) is 5.17. The first kappa shape index (κ1) is 13.5. The Bertz CT molecular complexity index is 366. The fourth-order valence-electron chi connectivity index (χ4n) is 1.55. The van der Waals surface area contributed by atoms with Crippen LogP contribution in [-0.4, -0.2) is 11.1 Å². The van der Waals surface area contributed by atoms with Crippen LogP contribution < -0.4 is 0 Å². The van der Waals surface area contributed by atoms with Crippen molar-refractivity contribution in [3.05, 3.63) is 35.4 Å². The zero-order valence-corrected chi connectivity index (χ0v) is 12.0. The molecule has 3 heteroatoms. The molecule has 0 saturated heterocycles. The largest absolute Gasteiger partial charge is 0.480 e. The van der Waals surface area contributed by atoms with Gasteiger partial charge in [-0.1, -0.05) is 60.7 Å².